The van der Waals surface area contributed by atoms with Crippen LogP contribution in [0.5, 0.6) is 5.75 Å². The van der Waals surface area contributed by atoms with Crippen molar-refractivity contribution in [2.75, 3.05) is 26.2 Å². The maximum atomic E-state index is 12.7. The van der Waals surface area contributed by atoms with Crippen molar-refractivity contribution in [3.05, 3.63) is 173 Å². The molecule has 2 atom stereocenters. The van der Waals surface area contributed by atoms with Crippen LogP contribution in [0.1, 0.15) is 92.2 Å². The van der Waals surface area contributed by atoms with E-state index in [2.05, 4.69) is 10.6 Å². The summed E-state index contributed by atoms with van der Waals surface area (Å²) in [6.07, 6.45) is 6.73. The topological polar surface area (TPSA) is 188 Å². The van der Waals surface area contributed by atoms with Crippen molar-refractivity contribution in [3.8, 4) is 5.75 Å². The summed E-state index contributed by atoms with van der Waals surface area (Å²) in [5.41, 5.74) is 11.8. The molecule has 382 valence electrons. The number of carbonyl (C=O) groups is 6. The lowest BCUT2D eigenvalue weighted by atomic mass is 9.92. The SMILES string of the molecule is C.Cc1ccc(C[C@H](NC(=O)CC2CCN(C(=O)CCc3ccccc3)CC2)C(N)=O)cc1.O=C(CC1CCN(C(=O)CCc2ccccc2)CC1)N[C@@H](Cc1ccc(OCc2ccccc2)cc1)C(=O)O. The van der Waals surface area contributed by atoms with E-state index in [1.807, 2.05) is 156 Å². The second-order valence-corrected chi connectivity index (χ2v) is 18.8. The van der Waals surface area contributed by atoms with Crippen LogP contribution in [0, 0.1) is 18.8 Å². The number of carbonyl (C=O) groups excluding carboxylic acids is 5. The number of amides is 5. The van der Waals surface area contributed by atoms with E-state index >= 15 is 0 Å². The van der Waals surface area contributed by atoms with Gasteiger partial charge in [-0.15, -0.1) is 0 Å². The zero-order valence-electron chi connectivity index (χ0n) is 40.9. The van der Waals surface area contributed by atoms with Crippen molar-refractivity contribution < 1.29 is 38.6 Å². The molecular weight excluding hydrogens is 907 g/mol. The third-order valence-electron chi connectivity index (χ3n) is 13.3. The Balaban J connectivity index is 0.000000269. The van der Waals surface area contributed by atoms with Crippen molar-refractivity contribution >= 4 is 35.5 Å². The third kappa shape index (κ3) is 19.1. The fourth-order valence-electron chi connectivity index (χ4n) is 8.99. The molecular formula is C59H73N5O8. The number of nitrogens with one attached hydrogen (secondary N) is 2. The van der Waals surface area contributed by atoms with E-state index in [-0.39, 0.29) is 55.7 Å². The molecule has 72 heavy (non-hydrogen) atoms. The lowest BCUT2D eigenvalue weighted by Crippen LogP contribution is -2.47. The van der Waals surface area contributed by atoms with E-state index in [1.54, 1.807) is 0 Å². The van der Waals surface area contributed by atoms with E-state index in [0.29, 0.717) is 64.2 Å². The van der Waals surface area contributed by atoms with Crippen LogP contribution in [0.3, 0.4) is 0 Å². The molecule has 0 bridgehead atoms. The number of benzene rings is 5. The summed E-state index contributed by atoms with van der Waals surface area (Å²) in [6, 6.07) is 43.2. The number of nitrogens with two attached hydrogens (primary N) is 1. The molecule has 0 radical (unpaired) electrons. The van der Waals surface area contributed by atoms with E-state index in [0.717, 1.165) is 66.3 Å². The lowest BCUT2D eigenvalue weighted by molar-refractivity contribution is -0.142. The zero-order valence-corrected chi connectivity index (χ0v) is 40.9. The summed E-state index contributed by atoms with van der Waals surface area (Å²) in [5, 5.41) is 15.2. The molecule has 13 nitrogen and oxygen atoms in total. The number of aliphatic carboxylic acids is 1. The summed E-state index contributed by atoms with van der Waals surface area (Å²) >= 11 is 0. The molecule has 5 N–H and O–H groups in total. The number of primary amides is 1. The predicted octanol–water partition coefficient (Wildman–Crippen LogP) is 8.04. The molecule has 0 saturated carbocycles. The standard InChI is InChI=1S/C32H36N2O5.C26H33N3O3.CH4/c35-30(22-26-17-19-34(20-18-26)31(36)16-13-24-7-3-1-4-8-24)33-29(32(37)38)21-25-11-14-28(15-12-25)39-23-27-9-5-2-6-10-27;1-19-7-9-21(10-8-19)17-23(26(27)32)28-24(30)18-22-13-15-29(16-14-22)25(31)12-11-20-5-3-2-4-6-20;/h1-12,14-15,26,29H,13,16-23H2,(H,33,35)(H,37,38);2-10,22-23H,11-18H2,1H3,(H2,27,32)(H,28,30);1H4/t29-;23-;/m00./s1. The Morgan fingerprint density at radius 1 is 0.556 bits per heavy atom. The molecule has 2 heterocycles. The minimum Gasteiger partial charge on any atom is -0.489 e. The summed E-state index contributed by atoms with van der Waals surface area (Å²) in [6.45, 7) is 5.07. The number of nitrogens with zero attached hydrogens (tertiary/aromatic N) is 2. The van der Waals surface area contributed by atoms with Gasteiger partial charge in [0.05, 0.1) is 0 Å². The van der Waals surface area contributed by atoms with Crippen LogP contribution in [-0.4, -0.2) is 88.7 Å². The average molecular weight is 980 g/mol. The molecule has 2 aliphatic heterocycles. The molecule has 0 aromatic heterocycles. The first-order valence-electron chi connectivity index (χ1n) is 24.9. The molecule has 0 aliphatic carbocycles. The van der Waals surface area contributed by atoms with Gasteiger partial charge in [0.25, 0.3) is 0 Å². The molecule has 2 saturated heterocycles. The fraction of sp³-hybridized carbons (Fsp3) is 0.390. The highest BCUT2D eigenvalue weighted by Gasteiger charge is 2.28. The number of carboxylic acids is 1. The quantitative estimate of drug-likeness (QED) is 0.0569. The minimum atomic E-state index is -1.06. The van der Waals surface area contributed by atoms with Gasteiger partial charge < -0.3 is 36.0 Å². The smallest absolute Gasteiger partial charge is 0.326 e. The van der Waals surface area contributed by atoms with Gasteiger partial charge in [-0.25, -0.2) is 4.79 Å². The summed E-state index contributed by atoms with van der Waals surface area (Å²) < 4.78 is 5.79. The van der Waals surface area contributed by atoms with Gasteiger partial charge in [0.2, 0.25) is 29.5 Å². The number of likely N-dealkylation sites (tertiary alicyclic amines) is 2. The Morgan fingerprint density at radius 3 is 1.36 bits per heavy atom. The molecule has 0 unspecified atom stereocenters. The number of ether oxygens (including phenoxy) is 1. The first kappa shape index (κ1) is 55.6. The molecule has 2 fully saturated rings. The second-order valence-electron chi connectivity index (χ2n) is 18.8. The number of hydrogen-bond acceptors (Lipinski definition) is 7. The summed E-state index contributed by atoms with van der Waals surface area (Å²) in [4.78, 5) is 77.8. The van der Waals surface area contributed by atoms with Gasteiger partial charge in [0, 0.05) is 64.7 Å². The minimum absolute atomic E-state index is 0. The maximum Gasteiger partial charge on any atom is 0.326 e. The van der Waals surface area contributed by atoms with Crippen LogP contribution < -0.4 is 21.1 Å². The second kappa shape index (κ2) is 29.2. The normalized spacial score (nSPS) is 14.6. The Hall–Kier alpha value is -7.28. The molecule has 13 heteroatoms. The Labute approximate surface area is 425 Å². The lowest BCUT2D eigenvalue weighted by Gasteiger charge is -2.32. The molecule has 7 rings (SSSR count). The number of carboxylic acid groups (broad SMARTS) is 1. The molecule has 5 amide bonds. The van der Waals surface area contributed by atoms with E-state index in [1.165, 1.54) is 5.56 Å². The predicted molar refractivity (Wildman–Crippen MR) is 281 cm³/mol. The van der Waals surface area contributed by atoms with Crippen molar-refractivity contribution in [2.24, 2.45) is 17.6 Å². The molecule has 5 aromatic rings. The third-order valence-corrected chi connectivity index (χ3v) is 13.3. The van der Waals surface area contributed by atoms with Crippen LogP contribution in [0.15, 0.2) is 140 Å². The average Bonchev–Trinajstić information content (AvgIpc) is 3.38. The van der Waals surface area contributed by atoms with E-state index < -0.39 is 24.0 Å². The highest BCUT2D eigenvalue weighted by atomic mass is 16.5. The van der Waals surface area contributed by atoms with Crippen LogP contribution in [0.2, 0.25) is 0 Å². The van der Waals surface area contributed by atoms with Crippen LogP contribution in [0.25, 0.3) is 0 Å². The van der Waals surface area contributed by atoms with Crippen molar-refractivity contribution in [3.63, 3.8) is 0 Å². The van der Waals surface area contributed by atoms with Gasteiger partial charge in [-0.05, 0) is 97.2 Å². The first-order valence-corrected chi connectivity index (χ1v) is 24.9. The van der Waals surface area contributed by atoms with Gasteiger partial charge in [0.1, 0.15) is 24.4 Å². The Bertz CT molecular complexity index is 2450. The van der Waals surface area contributed by atoms with Crippen molar-refractivity contribution in [1.29, 1.82) is 0 Å². The summed E-state index contributed by atoms with van der Waals surface area (Å²) in [5.74, 6) is -0.658. The van der Waals surface area contributed by atoms with Crippen LogP contribution in [-0.2, 0) is 61.1 Å². The van der Waals surface area contributed by atoms with E-state index in [9.17, 15) is 33.9 Å². The van der Waals surface area contributed by atoms with E-state index in [4.69, 9.17) is 10.5 Å². The molecule has 5 aromatic carbocycles. The first-order chi connectivity index (χ1) is 34.4. The monoisotopic (exact) mass is 980 g/mol. The highest BCUT2D eigenvalue weighted by Crippen LogP contribution is 2.24. The number of hydrogen-bond donors (Lipinski definition) is 4. The van der Waals surface area contributed by atoms with Gasteiger partial charge >= 0.3 is 5.97 Å². The number of piperidine rings is 2. The van der Waals surface area contributed by atoms with Gasteiger partial charge in [-0.1, -0.05) is 140 Å². The maximum absolute atomic E-state index is 12.7. The Kier molecular flexibility index (Phi) is 22.5. The number of aryl methyl sites for hydroxylation is 3. The Morgan fingerprint density at radius 2 is 0.944 bits per heavy atom. The largest absolute Gasteiger partial charge is 0.489 e. The van der Waals surface area contributed by atoms with Crippen molar-refractivity contribution in [1.82, 2.24) is 20.4 Å². The number of rotatable bonds is 21. The van der Waals surface area contributed by atoms with Gasteiger partial charge in [-0.2, -0.15) is 0 Å². The highest BCUT2D eigenvalue weighted by molar-refractivity contribution is 5.87. The van der Waals surface area contributed by atoms with Gasteiger partial charge in [0.15, 0.2) is 0 Å². The van der Waals surface area contributed by atoms with Crippen LogP contribution in [0.4, 0.5) is 0 Å². The molecule has 2 aliphatic rings. The van der Waals surface area contributed by atoms with Gasteiger partial charge in [-0.3, -0.25) is 24.0 Å². The zero-order chi connectivity index (χ0) is 50.4. The molecule has 0 spiro atoms. The van der Waals surface area contributed by atoms with Crippen molar-refractivity contribution in [2.45, 2.75) is 110 Å². The van der Waals surface area contributed by atoms with Crippen LogP contribution >= 0.6 is 0 Å². The fourth-order valence-corrected chi connectivity index (χ4v) is 8.99. The summed E-state index contributed by atoms with van der Waals surface area (Å²) in [7, 11) is 0.